The second-order valence-corrected chi connectivity index (χ2v) is 8.05. The van der Waals surface area contributed by atoms with Gasteiger partial charge in [0.05, 0.1) is 5.56 Å². The standard InChI is InChI=1S/C21H23N3OS/c1-16-12-19(15-26-16)21(25)24-10-5-8-18(14-24)20-22-9-11-23(20)13-17-6-3-2-4-7-17/h2-4,6-7,9,11-12,15,18H,5,8,10,13-14H2,1H3/t18-/m0/s1. The highest BCUT2D eigenvalue weighted by Gasteiger charge is 2.28. The van der Waals surface area contributed by atoms with Crippen molar-refractivity contribution in [3.63, 3.8) is 0 Å². The highest BCUT2D eigenvalue weighted by Crippen LogP contribution is 2.28. The van der Waals surface area contributed by atoms with Crippen molar-refractivity contribution in [2.75, 3.05) is 13.1 Å². The predicted molar refractivity (Wildman–Crippen MR) is 105 cm³/mol. The second-order valence-electron chi connectivity index (χ2n) is 6.94. The minimum Gasteiger partial charge on any atom is -0.338 e. The summed E-state index contributed by atoms with van der Waals surface area (Å²) in [6, 6.07) is 12.4. The second kappa shape index (κ2) is 7.46. The van der Waals surface area contributed by atoms with Crippen LogP contribution in [0.5, 0.6) is 0 Å². The molecular weight excluding hydrogens is 342 g/mol. The van der Waals surface area contributed by atoms with E-state index in [1.165, 1.54) is 10.4 Å². The molecule has 1 amide bonds. The summed E-state index contributed by atoms with van der Waals surface area (Å²) in [7, 11) is 0. The molecule has 1 aliphatic rings. The van der Waals surface area contributed by atoms with Crippen molar-refractivity contribution in [3.05, 3.63) is 76.0 Å². The van der Waals surface area contributed by atoms with Gasteiger partial charge >= 0.3 is 0 Å². The van der Waals surface area contributed by atoms with Gasteiger partial charge in [0.1, 0.15) is 5.82 Å². The van der Waals surface area contributed by atoms with Crippen LogP contribution in [0.1, 0.15) is 45.4 Å². The molecule has 3 aromatic rings. The summed E-state index contributed by atoms with van der Waals surface area (Å²) in [6.07, 6.45) is 6.03. The zero-order chi connectivity index (χ0) is 17.9. The monoisotopic (exact) mass is 365 g/mol. The normalized spacial score (nSPS) is 17.4. The fourth-order valence-corrected chi connectivity index (χ4v) is 4.38. The van der Waals surface area contributed by atoms with E-state index in [2.05, 4.69) is 33.8 Å². The third-order valence-corrected chi connectivity index (χ3v) is 5.86. The quantitative estimate of drug-likeness (QED) is 0.690. The number of hydrogen-bond acceptors (Lipinski definition) is 3. The summed E-state index contributed by atoms with van der Waals surface area (Å²) in [6.45, 7) is 4.45. The topological polar surface area (TPSA) is 38.1 Å². The molecule has 0 aliphatic carbocycles. The number of likely N-dealkylation sites (tertiary alicyclic amines) is 1. The van der Waals surface area contributed by atoms with Crippen LogP contribution < -0.4 is 0 Å². The van der Waals surface area contributed by atoms with Crippen LogP contribution >= 0.6 is 11.3 Å². The lowest BCUT2D eigenvalue weighted by Gasteiger charge is -2.32. The Hall–Kier alpha value is -2.40. The lowest BCUT2D eigenvalue weighted by atomic mass is 9.96. The maximum Gasteiger partial charge on any atom is 0.254 e. The first-order valence-corrected chi connectivity index (χ1v) is 9.98. The highest BCUT2D eigenvalue weighted by atomic mass is 32.1. The minimum atomic E-state index is 0.153. The van der Waals surface area contributed by atoms with E-state index in [1.54, 1.807) is 11.3 Å². The first-order valence-electron chi connectivity index (χ1n) is 9.10. The zero-order valence-electron chi connectivity index (χ0n) is 15.0. The molecule has 5 heteroatoms. The van der Waals surface area contributed by atoms with Crippen molar-refractivity contribution in [2.24, 2.45) is 0 Å². The number of carbonyl (C=O) groups is 1. The van der Waals surface area contributed by atoms with Crippen molar-refractivity contribution in [1.29, 1.82) is 0 Å². The molecule has 0 spiro atoms. The molecule has 1 atom stereocenters. The molecule has 1 aliphatic heterocycles. The van der Waals surface area contributed by atoms with E-state index < -0.39 is 0 Å². The average molecular weight is 366 g/mol. The van der Waals surface area contributed by atoms with Gasteiger partial charge in [0.25, 0.3) is 5.91 Å². The maximum atomic E-state index is 12.8. The van der Waals surface area contributed by atoms with Crippen LogP contribution in [0, 0.1) is 6.92 Å². The van der Waals surface area contributed by atoms with Crippen LogP contribution in [0.15, 0.2) is 54.2 Å². The summed E-state index contributed by atoms with van der Waals surface area (Å²) >= 11 is 1.64. The van der Waals surface area contributed by atoms with Crippen LogP contribution in [0.2, 0.25) is 0 Å². The number of hydrogen-bond donors (Lipinski definition) is 0. The summed E-state index contributed by atoms with van der Waals surface area (Å²) in [5, 5.41) is 1.97. The van der Waals surface area contributed by atoms with Gasteiger partial charge in [-0.1, -0.05) is 30.3 Å². The van der Waals surface area contributed by atoms with Gasteiger partial charge in [0.15, 0.2) is 0 Å². The Balaban J connectivity index is 1.50. The van der Waals surface area contributed by atoms with Crippen molar-refractivity contribution in [1.82, 2.24) is 14.5 Å². The fraction of sp³-hybridized carbons (Fsp3) is 0.333. The van der Waals surface area contributed by atoms with Crippen LogP contribution in [-0.4, -0.2) is 33.4 Å². The van der Waals surface area contributed by atoms with E-state index in [4.69, 9.17) is 0 Å². The average Bonchev–Trinajstić information content (AvgIpc) is 3.31. The molecule has 0 bridgehead atoms. The molecule has 26 heavy (non-hydrogen) atoms. The molecule has 1 aromatic carbocycles. The molecule has 0 N–H and O–H groups in total. The number of benzene rings is 1. The van der Waals surface area contributed by atoms with Gasteiger partial charge in [-0.25, -0.2) is 4.98 Å². The van der Waals surface area contributed by atoms with Gasteiger partial charge in [-0.3, -0.25) is 4.79 Å². The fourth-order valence-electron chi connectivity index (χ4n) is 3.70. The number of imidazole rings is 1. The van der Waals surface area contributed by atoms with E-state index >= 15 is 0 Å². The lowest BCUT2D eigenvalue weighted by Crippen LogP contribution is -2.39. The number of amides is 1. The zero-order valence-corrected chi connectivity index (χ0v) is 15.8. The Labute approximate surface area is 158 Å². The summed E-state index contributed by atoms with van der Waals surface area (Å²) in [5.74, 6) is 1.54. The predicted octanol–water partition coefficient (Wildman–Crippen LogP) is 4.32. The number of aryl methyl sites for hydroxylation is 1. The molecule has 0 radical (unpaired) electrons. The number of rotatable bonds is 4. The van der Waals surface area contributed by atoms with Gasteiger partial charge < -0.3 is 9.47 Å². The molecule has 0 saturated carbocycles. The summed E-state index contributed by atoms with van der Waals surface area (Å²) in [4.78, 5) is 20.6. The van der Waals surface area contributed by atoms with Gasteiger partial charge in [0, 0.05) is 48.2 Å². The Bertz CT molecular complexity index is 884. The number of nitrogens with zero attached hydrogens (tertiary/aromatic N) is 3. The summed E-state index contributed by atoms with van der Waals surface area (Å²) < 4.78 is 2.22. The van der Waals surface area contributed by atoms with E-state index in [-0.39, 0.29) is 5.91 Å². The van der Waals surface area contributed by atoms with Crippen molar-refractivity contribution >= 4 is 17.2 Å². The molecule has 134 valence electrons. The lowest BCUT2D eigenvalue weighted by molar-refractivity contribution is 0.0704. The Morgan fingerprint density at radius 2 is 2.15 bits per heavy atom. The molecule has 3 heterocycles. The highest BCUT2D eigenvalue weighted by molar-refractivity contribution is 7.10. The van der Waals surface area contributed by atoms with Gasteiger partial charge in [-0.15, -0.1) is 11.3 Å². The third kappa shape index (κ3) is 3.58. The van der Waals surface area contributed by atoms with Crippen molar-refractivity contribution in [2.45, 2.75) is 32.2 Å². The van der Waals surface area contributed by atoms with Gasteiger partial charge in [-0.05, 0) is 31.4 Å². The largest absolute Gasteiger partial charge is 0.338 e. The van der Waals surface area contributed by atoms with Gasteiger partial charge in [0.2, 0.25) is 0 Å². The van der Waals surface area contributed by atoms with E-state index in [0.29, 0.717) is 5.92 Å². The Kier molecular flexibility index (Phi) is 4.89. The number of thiophene rings is 1. The Morgan fingerprint density at radius 1 is 1.31 bits per heavy atom. The maximum absolute atomic E-state index is 12.8. The SMILES string of the molecule is Cc1cc(C(=O)N2CCC[C@H](c3nccn3Cc3ccccc3)C2)cs1. The number of piperidine rings is 1. The van der Waals surface area contributed by atoms with Crippen LogP contribution in [0.25, 0.3) is 0 Å². The third-order valence-electron chi connectivity index (χ3n) is 4.99. The van der Waals surface area contributed by atoms with Crippen LogP contribution in [0.3, 0.4) is 0 Å². The van der Waals surface area contributed by atoms with Crippen LogP contribution in [0.4, 0.5) is 0 Å². The molecular formula is C21H23N3OS. The summed E-state index contributed by atoms with van der Waals surface area (Å²) in [5.41, 5.74) is 2.09. The smallest absolute Gasteiger partial charge is 0.254 e. The van der Waals surface area contributed by atoms with Crippen LogP contribution in [-0.2, 0) is 6.54 Å². The van der Waals surface area contributed by atoms with Crippen molar-refractivity contribution in [3.8, 4) is 0 Å². The first kappa shape index (κ1) is 17.0. The Morgan fingerprint density at radius 3 is 2.92 bits per heavy atom. The van der Waals surface area contributed by atoms with E-state index in [9.17, 15) is 4.79 Å². The molecule has 2 aromatic heterocycles. The minimum absolute atomic E-state index is 0.153. The number of carbonyl (C=O) groups excluding carboxylic acids is 1. The first-order chi connectivity index (χ1) is 12.7. The molecule has 1 fully saturated rings. The molecule has 4 rings (SSSR count). The number of aromatic nitrogens is 2. The van der Waals surface area contributed by atoms with E-state index in [1.807, 2.05) is 41.7 Å². The molecule has 4 nitrogen and oxygen atoms in total. The van der Waals surface area contributed by atoms with Gasteiger partial charge in [-0.2, -0.15) is 0 Å². The van der Waals surface area contributed by atoms with Crippen molar-refractivity contribution < 1.29 is 4.79 Å². The molecule has 1 saturated heterocycles. The van der Waals surface area contributed by atoms with E-state index in [0.717, 1.165) is 43.9 Å². The molecule has 0 unspecified atom stereocenters.